The van der Waals surface area contributed by atoms with Gasteiger partial charge in [0.05, 0.1) is 5.69 Å². The molecule has 1 aliphatic rings. The molecule has 134 valence electrons. The average Bonchev–Trinajstić information content (AvgIpc) is 3.05. The van der Waals surface area contributed by atoms with Crippen molar-refractivity contribution in [1.29, 1.82) is 0 Å². The summed E-state index contributed by atoms with van der Waals surface area (Å²) in [6.07, 6.45) is 5.34. The van der Waals surface area contributed by atoms with Crippen LogP contribution in [0.4, 0.5) is 0 Å². The number of hydrogen-bond acceptors (Lipinski definition) is 4. The molecule has 27 heavy (non-hydrogen) atoms. The molecular weight excluding hydrogens is 334 g/mol. The number of nitrogens with two attached hydrogens (primary N) is 1. The van der Waals surface area contributed by atoms with Gasteiger partial charge in [-0.25, -0.2) is 9.50 Å². The molecule has 2 aromatic carbocycles. The molecule has 5 nitrogen and oxygen atoms in total. The van der Waals surface area contributed by atoms with E-state index in [9.17, 15) is 0 Å². The zero-order valence-electron chi connectivity index (χ0n) is 15.3. The highest BCUT2D eigenvalue weighted by Crippen LogP contribution is 2.39. The van der Waals surface area contributed by atoms with E-state index in [0.29, 0.717) is 11.6 Å². The topological polar surface area (TPSA) is 69.1 Å². The van der Waals surface area contributed by atoms with Gasteiger partial charge in [-0.05, 0) is 37.3 Å². The van der Waals surface area contributed by atoms with Crippen LogP contribution in [-0.4, -0.2) is 19.6 Å². The van der Waals surface area contributed by atoms with Gasteiger partial charge in [-0.2, -0.15) is 10.1 Å². The van der Waals surface area contributed by atoms with Crippen molar-refractivity contribution < 1.29 is 0 Å². The van der Waals surface area contributed by atoms with Crippen molar-refractivity contribution in [2.75, 3.05) is 0 Å². The quantitative estimate of drug-likeness (QED) is 0.600. The van der Waals surface area contributed by atoms with Gasteiger partial charge in [-0.3, -0.25) is 0 Å². The molecule has 1 saturated carbocycles. The van der Waals surface area contributed by atoms with Gasteiger partial charge >= 0.3 is 0 Å². The van der Waals surface area contributed by atoms with Gasteiger partial charge < -0.3 is 5.73 Å². The van der Waals surface area contributed by atoms with Gasteiger partial charge in [0.1, 0.15) is 5.82 Å². The second-order valence-corrected chi connectivity index (χ2v) is 7.36. The van der Waals surface area contributed by atoms with E-state index in [1.54, 1.807) is 4.52 Å². The monoisotopic (exact) mass is 355 g/mol. The first kappa shape index (κ1) is 16.1. The number of nitrogens with zero attached hydrogens (tertiary/aromatic N) is 4. The molecule has 2 heterocycles. The summed E-state index contributed by atoms with van der Waals surface area (Å²) in [6.45, 7) is 1.88. The Morgan fingerprint density at radius 1 is 0.926 bits per heavy atom. The van der Waals surface area contributed by atoms with Crippen LogP contribution in [0.15, 0.2) is 60.8 Å². The van der Waals surface area contributed by atoms with Crippen molar-refractivity contribution in [3.05, 3.63) is 72.2 Å². The number of aryl methyl sites for hydroxylation is 1. The van der Waals surface area contributed by atoms with Crippen LogP contribution in [0.3, 0.4) is 0 Å². The third kappa shape index (κ3) is 2.71. The first-order chi connectivity index (χ1) is 13.1. The molecule has 0 aliphatic heterocycles. The highest BCUT2D eigenvalue weighted by molar-refractivity contribution is 5.81. The number of aromatic nitrogens is 4. The van der Waals surface area contributed by atoms with Gasteiger partial charge in [0.25, 0.3) is 5.78 Å². The summed E-state index contributed by atoms with van der Waals surface area (Å²) in [5.74, 6) is 1.32. The first-order valence-electron chi connectivity index (χ1n) is 9.32. The molecule has 0 saturated heterocycles. The van der Waals surface area contributed by atoms with Crippen LogP contribution in [0.25, 0.3) is 28.2 Å². The predicted octanol–water partition coefficient (Wildman–Crippen LogP) is 4.10. The fraction of sp³-hybridized carbons (Fsp3) is 0.227. The summed E-state index contributed by atoms with van der Waals surface area (Å²) >= 11 is 0. The molecule has 5 heteroatoms. The lowest BCUT2D eigenvalue weighted by molar-refractivity contribution is 0.253. The highest BCUT2D eigenvalue weighted by atomic mass is 15.3. The molecule has 1 fully saturated rings. The normalized spacial score (nSPS) is 15.6. The van der Waals surface area contributed by atoms with Crippen LogP contribution >= 0.6 is 0 Å². The van der Waals surface area contributed by atoms with Crippen molar-refractivity contribution in [1.82, 2.24) is 19.6 Å². The van der Waals surface area contributed by atoms with E-state index in [1.807, 2.05) is 31.3 Å². The first-order valence-corrected chi connectivity index (χ1v) is 9.32. The van der Waals surface area contributed by atoms with Gasteiger partial charge in [-0.1, -0.05) is 54.6 Å². The minimum atomic E-state index is -0.151. The lowest BCUT2D eigenvalue weighted by atomic mass is 9.72. The number of rotatable bonds is 3. The van der Waals surface area contributed by atoms with Crippen LogP contribution in [-0.2, 0) is 5.54 Å². The lowest BCUT2D eigenvalue weighted by Gasteiger charge is -2.38. The summed E-state index contributed by atoms with van der Waals surface area (Å²) in [5, 5.41) is 4.43. The van der Waals surface area contributed by atoms with E-state index >= 15 is 0 Å². The summed E-state index contributed by atoms with van der Waals surface area (Å²) < 4.78 is 1.75. The van der Waals surface area contributed by atoms with Gasteiger partial charge in [0.15, 0.2) is 0 Å². The standard InChI is InChI=1S/C22H21N5/c1-15-24-21-25-20(17-8-10-18(11-9-17)22(23)12-5-13-22)19(14-27(21)26-15)16-6-3-2-4-7-16/h2-4,6-11,14H,5,12-13,23H2,1H3. The van der Waals surface area contributed by atoms with Crippen LogP contribution in [0, 0.1) is 6.92 Å². The molecule has 0 atom stereocenters. The highest BCUT2D eigenvalue weighted by Gasteiger charge is 2.34. The van der Waals surface area contributed by atoms with E-state index in [-0.39, 0.29) is 5.54 Å². The summed E-state index contributed by atoms with van der Waals surface area (Å²) in [5.41, 5.74) is 11.6. The zero-order chi connectivity index (χ0) is 18.4. The van der Waals surface area contributed by atoms with Crippen molar-refractivity contribution >= 4 is 5.78 Å². The Bertz CT molecular complexity index is 1110. The fourth-order valence-corrected chi connectivity index (χ4v) is 3.78. The molecule has 5 rings (SSSR count). The predicted molar refractivity (Wildman–Crippen MR) is 106 cm³/mol. The molecule has 2 aromatic heterocycles. The smallest absolute Gasteiger partial charge is 0.252 e. The number of benzene rings is 2. The Morgan fingerprint density at radius 2 is 1.67 bits per heavy atom. The maximum atomic E-state index is 6.47. The molecule has 0 spiro atoms. The SMILES string of the molecule is Cc1nc2nc(-c3ccc(C4(N)CCC4)cc3)c(-c3ccccc3)cn2n1. The van der Waals surface area contributed by atoms with Crippen molar-refractivity contribution in [3.63, 3.8) is 0 Å². The van der Waals surface area contributed by atoms with E-state index in [2.05, 4.69) is 46.5 Å². The molecule has 1 aliphatic carbocycles. The molecule has 0 unspecified atom stereocenters. The molecule has 0 amide bonds. The van der Waals surface area contributed by atoms with Crippen molar-refractivity contribution in [3.8, 4) is 22.4 Å². The van der Waals surface area contributed by atoms with Crippen molar-refractivity contribution in [2.45, 2.75) is 31.7 Å². The molecule has 2 N–H and O–H groups in total. The van der Waals surface area contributed by atoms with Crippen molar-refractivity contribution in [2.24, 2.45) is 5.73 Å². The van der Waals surface area contributed by atoms with E-state index in [4.69, 9.17) is 10.7 Å². The minimum absolute atomic E-state index is 0.151. The third-order valence-corrected chi connectivity index (χ3v) is 5.50. The summed E-state index contributed by atoms with van der Waals surface area (Å²) in [4.78, 5) is 9.26. The molecule has 0 bridgehead atoms. The third-order valence-electron chi connectivity index (χ3n) is 5.50. The Hall–Kier alpha value is -3.05. The second-order valence-electron chi connectivity index (χ2n) is 7.36. The zero-order valence-corrected chi connectivity index (χ0v) is 15.3. The Kier molecular flexibility index (Phi) is 3.58. The van der Waals surface area contributed by atoms with Crippen LogP contribution < -0.4 is 5.73 Å². The molecule has 0 radical (unpaired) electrons. The maximum absolute atomic E-state index is 6.47. The van der Waals surface area contributed by atoms with Crippen LogP contribution in [0.1, 0.15) is 30.7 Å². The second kappa shape index (κ2) is 5.99. The maximum Gasteiger partial charge on any atom is 0.252 e. The summed E-state index contributed by atoms with van der Waals surface area (Å²) in [6, 6.07) is 18.8. The largest absolute Gasteiger partial charge is 0.321 e. The van der Waals surface area contributed by atoms with Crippen LogP contribution in [0.5, 0.6) is 0 Å². The number of hydrogen-bond donors (Lipinski definition) is 1. The minimum Gasteiger partial charge on any atom is -0.321 e. The molecule has 4 aromatic rings. The van der Waals surface area contributed by atoms with E-state index in [1.165, 1.54) is 12.0 Å². The van der Waals surface area contributed by atoms with Gasteiger partial charge in [0, 0.05) is 22.9 Å². The lowest BCUT2D eigenvalue weighted by Crippen LogP contribution is -2.43. The average molecular weight is 355 g/mol. The number of fused-ring (bicyclic) bond motifs is 1. The molecular formula is C22H21N5. The van der Waals surface area contributed by atoms with Crippen LogP contribution in [0.2, 0.25) is 0 Å². The van der Waals surface area contributed by atoms with E-state index < -0.39 is 0 Å². The fourth-order valence-electron chi connectivity index (χ4n) is 3.78. The van der Waals surface area contributed by atoms with E-state index in [0.717, 1.165) is 35.2 Å². The van der Waals surface area contributed by atoms with Gasteiger partial charge in [-0.15, -0.1) is 0 Å². The Morgan fingerprint density at radius 3 is 2.33 bits per heavy atom. The van der Waals surface area contributed by atoms with Gasteiger partial charge in [0.2, 0.25) is 0 Å². The Labute approximate surface area is 157 Å². The summed E-state index contributed by atoms with van der Waals surface area (Å²) in [7, 11) is 0. The Balaban J connectivity index is 1.67.